The van der Waals surface area contributed by atoms with Crippen LogP contribution < -0.4 is 5.32 Å². The first-order valence-electron chi connectivity index (χ1n) is 30.0. The number of carbonyl (C=O) groups is 1. The van der Waals surface area contributed by atoms with E-state index in [9.17, 15) is 45.6 Å². The minimum atomic E-state index is -1.80. The molecule has 0 saturated carbocycles. The molecule has 0 bridgehead atoms. The number of aliphatic hydroxyl groups is 8. The van der Waals surface area contributed by atoms with Crippen molar-refractivity contribution in [1.82, 2.24) is 5.32 Å². The van der Waals surface area contributed by atoms with E-state index in [1.807, 2.05) is 6.08 Å². The van der Waals surface area contributed by atoms with Crippen LogP contribution in [0, 0.1) is 0 Å². The zero-order valence-electron chi connectivity index (χ0n) is 46.8. The fourth-order valence-electron chi connectivity index (χ4n) is 9.53. The van der Waals surface area contributed by atoms with Gasteiger partial charge in [-0.1, -0.05) is 203 Å². The first-order valence-corrected chi connectivity index (χ1v) is 30.0. The summed E-state index contributed by atoms with van der Waals surface area (Å²) in [4.78, 5) is 13.2. The van der Waals surface area contributed by atoms with Crippen molar-refractivity contribution in [2.75, 3.05) is 19.8 Å². The molecular weight excluding hydrogens is 955 g/mol. The monoisotopic (exact) mass is 1060 g/mol. The number of hydrogen-bond acceptors (Lipinski definition) is 13. The van der Waals surface area contributed by atoms with E-state index < -0.39 is 86.8 Å². The lowest BCUT2D eigenvalue weighted by Gasteiger charge is -2.46. The standard InChI is InChI=1S/C61H109NO13/c1-3-5-7-9-11-13-15-17-19-20-21-22-23-24-25-26-27-28-29-31-32-34-36-38-40-42-44-50(65)49(62-53(66)45-43-41-39-37-35-33-30-18-16-14-12-10-8-6-4-2)48-72-60-58(71)56(69)59(52(47-64)74-60)75-61-57(70)55(68)54(67)51(46-63)73-61/h12,14,18,28-30,34,36,42,44,49-52,54-61,63-65,67-71H,3-11,13,15-17,19-27,31-33,35,37-41,43,45-48H2,1-2H3,(H,62,66)/b14-12-,29-28+,30-18-,36-34+,44-42+. The molecule has 2 heterocycles. The number of amides is 1. The molecule has 436 valence electrons. The van der Waals surface area contributed by atoms with E-state index >= 15 is 0 Å². The molecular formula is C61H109NO13. The highest BCUT2D eigenvalue weighted by atomic mass is 16.7. The Morgan fingerprint density at radius 3 is 1.41 bits per heavy atom. The molecule has 2 aliphatic heterocycles. The number of nitrogens with one attached hydrogen (secondary N) is 1. The van der Waals surface area contributed by atoms with Gasteiger partial charge in [0.2, 0.25) is 5.91 Å². The summed E-state index contributed by atoms with van der Waals surface area (Å²) in [6, 6.07) is -0.947. The fourth-order valence-corrected chi connectivity index (χ4v) is 9.53. The molecule has 0 aromatic carbocycles. The van der Waals surface area contributed by atoms with Crippen LogP contribution in [0.3, 0.4) is 0 Å². The number of ether oxygens (including phenoxy) is 4. The minimum Gasteiger partial charge on any atom is -0.394 e. The lowest BCUT2D eigenvalue weighted by atomic mass is 9.97. The average Bonchev–Trinajstić information content (AvgIpc) is 3.41. The van der Waals surface area contributed by atoms with Crippen molar-refractivity contribution in [3.05, 3.63) is 60.8 Å². The highest BCUT2D eigenvalue weighted by molar-refractivity contribution is 5.76. The first-order chi connectivity index (χ1) is 36.6. The molecule has 0 radical (unpaired) electrons. The van der Waals surface area contributed by atoms with Gasteiger partial charge in [-0.25, -0.2) is 0 Å². The second kappa shape index (κ2) is 46.6. The molecule has 2 rings (SSSR count). The molecule has 2 aliphatic rings. The van der Waals surface area contributed by atoms with Crippen LogP contribution in [0.15, 0.2) is 60.8 Å². The Morgan fingerprint density at radius 1 is 0.480 bits per heavy atom. The van der Waals surface area contributed by atoms with E-state index in [2.05, 4.69) is 67.8 Å². The lowest BCUT2D eigenvalue weighted by Crippen LogP contribution is -2.65. The van der Waals surface area contributed by atoms with Crippen LogP contribution in [0.25, 0.3) is 0 Å². The Bertz CT molecular complexity index is 1490. The van der Waals surface area contributed by atoms with E-state index in [-0.39, 0.29) is 18.9 Å². The summed E-state index contributed by atoms with van der Waals surface area (Å²) in [5, 5.41) is 87.0. The summed E-state index contributed by atoms with van der Waals surface area (Å²) < 4.78 is 22.7. The molecule has 2 fully saturated rings. The Morgan fingerprint density at radius 2 is 0.893 bits per heavy atom. The van der Waals surface area contributed by atoms with Crippen LogP contribution in [-0.2, 0) is 23.7 Å². The number of rotatable bonds is 47. The summed E-state index contributed by atoms with van der Waals surface area (Å²) >= 11 is 0. The molecule has 12 unspecified atom stereocenters. The van der Waals surface area contributed by atoms with Crippen LogP contribution in [0.5, 0.6) is 0 Å². The third kappa shape index (κ3) is 32.4. The van der Waals surface area contributed by atoms with Crippen molar-refractivity contribution >= 4 is 5.91 Å². The highest BCUT2D eigenvalue weighted by Crippen LogP contribution is 2.30. The smallest absolute Gasteiger partial charge is 0.220 e. The molecule has 14 nitrogen and oxygen atoms in total. The van der Waals surface area contributed by atoms with Crippen LogP contribution in [0.2, 0.25) is 0 Å². The predicted octanol–water partition coefficient (Wildman–Crippen LogP) is 10.2. The summed E-state index contributed by atoms with van der Waals surface area (Å²) in [6.07, 6.45) is 42.7. The number of carbonyl (C=O) groups excluding carboxylic acids is 1. The minimum absolute atomic E-state index is 0.252. The van der Waals surface area contributed by atoms with Gasteiger partial charge in [-0.2, -0.15) is 0 Å². The molecule has 75 heavy (non-hydrogen) atoms. The summed E-state index contributed by atoms with van der Waals surface area (Å²) in [5.41, 5.74) is 0. The zero-order valence-corrected chi connectivity index (χ0v) is 46.8. The number of unbranched alkanes of at least 4 members (excludes halogenated alkanes) is 26. The van der Waals surface area contributed by atoms with Gasteiger partial charge in [-0.15, -0.1) is 0 Å². The molecule has 0 spiro atoms. The van der Waals surface area contributed by atoms with Crippen molar-refractivity contribution < 1.29 is 64.6 Å². The van der Waals surface area contributed by atoms with Crippen molar-refractivity contribution in [3.63, 3.8) is 0 Å². The normalized spacial score (nSPS) is 25.5. The van der Waals surface area contributed by atoms with Crippen molar-refractivity contribution in [2.45, 2.75) is 299 Å². The van der Waals surface area contributed by atoms with Gasteiger partial charge in [-0.05, 0) is 77.0 Å². The van der Waals surface area contributed by atoms with Crippen molar-refractivity contribution in [3.8, 4) is 0 Å². The summed E-state index contributed by atoms with van der Waals surface area (Å²) in [5.74, 6) is -0.268. The van der Waals surface area contributed by atoms with Gasteiger partial charge >= 0.3 is 0 Å². The van der Waals surface area contributed by atoms with Gasteiger partial charge in [0.1, 0.15) is 48.8 Å². The molecule has 12 atom stereocenters. The van der Waals surface area contributed by atoms with E-state index in [0.29, 0.717) is 12.8 Å². The van der Waals surface area contributed by atoms with Crippen molar-refractivity contribution in [1.29, 1.82) is 0 Å². The number of allylic oxidation sites excluding steroid dienone is 9. The zero-order chi connectivity index (χ0) is 54.6. The van der Waals surface area contributed by atoms with E-state index in [1.54, 1.807) is 6.08 Å². The second-order valence-corrected chi connectivity index (χ2v) is 21.1. The van der Waals surface area contributed by atoms with E-state index in [1.165, 1.54) is 122 Å². The van der Waals surface area contributed by atoms with Crippen LogP contribution >= 0.6 is 0 Å². The van der Waals surface area contributed by atoms with E-state index in [4.69, 9.17) is 18.9 Å². The Labute approximate surface area is 454 Å². The molecule has 1 amide bonds. The second-order valence-electron chi connectivity index (χ2n) is 21.1. The first kappa shape index (κ1) is 68.8. The van der Waals surface area contributed by atoms with Gasteiger partial charge in [0.15, 0.2) is 12.6 Å². The summed E-state index contributed by atoms with van der Waals surface area (Å²) in [6.45, 7) is 2.74. The molecule has 9 N–H and O–H groups in total. The van der Waals surface area contributed by atoms with Gasteiger partial charge in [0.25, 0.3) is 0 Å². The average molecular weight is 1060 g/mol. The quantitative estimate of drug-likeness (QED) is 0.0204. The lowest BCUT2D eigenvalue weighted by molar-refractivity contribution is -0.359. The van der Waals surface area contributed by atoms with Gasteiger partial charge < -0.3 is 65.1 Å². The largest absolute Gasteiger partial charge is 0.394 e. The fraction of sp³-hybridized carbons (Fsp3) is 0.820. The Balaban J connectivity index is 1.78. The molecule has 14 heteroatoms. The Hall–Kier alpha value is -2.31. The SMILES string of the molecule is CCCCC/C=C\C/C=C\CCCCCCCC(=O)NC(COC1OC(CO)C(OC2OC(CO)C(O)C(O)C2O)C(O)C1O)C(O)/C=C/CC/C=C/CC/C=C/CCCCCCCCCCCCCCCCCC. The maximum Gasteiger partial charge on any atom is 0.220 e. The third-order valence-electron chi connectivity index (χ3n) is 14.4. The topological polar surface area (TPSA) is 228 Å². The molecule has 0 aromatic rings. The van der Waals surface area contributed by atoms with Crippen LogP contribution in [-0.4, -0.2) is 140 Å². The molecule has 2 saturated heterocycles. The Kier molecular flexibility index (Phi) is 42.7. The van der Waals surface area contributed by atoms with Crippen LogP contribution in [0.4, 0.5) is 0 Å². The van der Waals surface area contributed by atoms with Gasteiger partial charge in [0.05, 0.1) is 32.0 Å². The third-order valence-corrected chi connectivity index (χ3v) is 14.4. The maximum atomic E-state index is 13.2. The van der Waals surface area contributed by atoms with Crippen molar-refractivity contribution in [2.24, 2.45) is 0 Å². The van der Waals surface area contributed by atoms with Crippen LogP contribution in [0.1, 0.15) is 226 Å². The van der Waals surface area contributed by atoms with E-state index in [0.717, 1.165) is 70.6 Å². The maximum absolute atomic E-state index is 13.2. The molecule has 0 aliphatic carbocycles. The summed E-state index contributed by atoms with van der Waals surface area (Å²) in [7, 11) is 0. The predicted molar refractivity (Wildman–Crippen MR) is 300 cm³/mol. The number of hydrogen-bond donors (Lipinski definition) is 9. The number of aliphatic hydroxyl groups excluding tert-OH is 8. The van der Waals surface area contributed by atoms with Gasteiger partial charge in [0, 0.05) is 6.42 Å². The highest BCUT2D eigenvalue weighted by Gasteiger charge is 2.51. The molecule has 0 aromatic heterocycles. The van der Waals surface area contributed by atoms with Gasteiger partial charge in [-0.3, -0.25) is 4.79 Å².